The van der Waals surface area contributed by atoms with Crippen molar-refractivity contribution < 1.29 is 0 Å². The summed E-state index contributed by atoms with van der Waals surface area (Å²) in [5.74, 6) is 0.698. The molecule has 1 aliphatic heterocycles. The maximum Gasteiger partial charge on any atom is 0.107 e. The lowest BCUT2D eigenvalue weighted by Gasteiger charge is -2.33. The molecule has 0 spiro atoms. The van der Waals surface area contributed by atoms with Gasteiger partial charge in [0, 0.05) is 44.6 Å². The minimum absolute atomic E-state index is 0.698. The van der Waals surface area contributed by atoms with E-state index in [4.69, 9.17) is 4.98 Å². The number of hydrogen-bond acceptors (Lipinski definition) is 5. The average Bonchev–Trinajstić information content (AvgIpc) is 2.87. The minimum Gasteiger partial charge on any atom is -0.310 e. The fourth-order valence-electron chi connectivity index (χ4n) is 2.46. The van der Waals surface area contributed by atoms with Crippen LogP contribution in [0.4, 0.5) is 0 Å². The van der Waals surface area contributed by atoms with Gasteiger partial charge in [-0.05, 0) is 19.0 Å². The van der Waals surface area contributed by atoms with Crippen LogP contribution in [-0.2, 0) is 13.1 Å². The van der Waals surface area contributed by atoms with E-state index < -0.39 is 0 Å². The van der Waals surface area contributed by atoms with E-state index in [0.717, 1.165) is 19.6 Å². The summed E-state index contributed by atoms with van der Waals surface area (Å²) in [5.41, 5.74) is 1.24. The smallest absolute Gasteiger partial charge is 0.107 e. The second-order valence-corrected chi connectivity index (χ2v) is 6.91. The molecule has 1 saturated heterocycles. The van der Waals surface area contributed by atoms with E-state index in [1.54, 1.807) is 11.3 Å². The zero-order valence-electron chi connectivity index (χ0n) is 13.1. The first-order valence-electron chi connectivity index (χ1n) is 7.76. The van der Waals surface area contributed by atoms with Crippen LogP contribution in [0.15, 0.2) is 5.38 Å². The zero-order valence-corrected chi connectivity index (χ0v) is 13.9. The first-order chi connectivity index (χ1) is 9.67. The summed E-state index contributed by atoms with van der Waals surface area (Å²) in [4.78, 5) is 9.77. The number of hydrogen-bond donors (Lipinski definition) is 1. The van der Waals surface area contributed by atoms with Gasteiger partial charge in [0.2, 0.25) is 0 Å². The third-order valence-corrected chi connectivity index (χ3v) is 4.62. The van der Waals surface area contributed by atoms with Crippen LogP contribution in [-0.4, -0.2) is 54.1 Å². The van der Waals surface area contributed by atoms with Gasteiger partial charge in [0.1, 0.15) is 5.01 Å². The van der Waals surface area contributed by atoms with E-state index in [0.29, 0.717) is 5.92 Å². The van der Waals surface area contributed by atoms with Crippen LogP contribution in [0.25, 0.3) is 0 Å². The molecule has 20 heavy (non-hydrogen) atoms. The Morgan fingerprint density at radius 3 is 2.60 bits per heavy atom. The van der Waals surface area contributed by atoms with Crippen molar-refractivity contribution >= 4 is 11.3 Å². The second-order valence-electron chi connectivity index (χ2n) is 5.97. The van der Waals surface area contributed by atoms with Gasteiger partial charge >= 0.3 is 0 Å². The zero-order chi connectivity index (χ0) is 14.4. The molecule has 1 aromatic heterocycles. The number of rotatable bonds is 7. The SMILES string of the molecule is CCN1CCN(Cc2csc(CNCC(C)C)n2)CC1. The predicted molar refractivity (Wildman–Crippen MR) is 86.0 cm³/mol. The van der Waals surface area contributed by atoms with Crippen molar-refractivity contribution in [1.82, 2.24) is 20.1 Å². The molecule has 4 nitrogen and oxygen atoms in total. The van der Waals surface area contributed by atoms with Crippen LogP contribution < -0.4 is 5.32 Å². The highest BCUT2D eigenvalue weighted by atomic mass is 32.1. The Morgan fingerprint density at radius 1 is 1.25 bits per heavy atom. The lowest BCUT2D eigenvalue weighted by atomic mass is 10.2. The van der Waals surface area contributed by atoms with Gasteiger partial charge in [-0.2, -0.15) is 0 Å². The van der Waals surface area contributed by atoms with Gasteiger partial charge in [-0.3, -0.25) is 4.90 Å². The maximum absolute atomic E-state index is 4.74. The van der Waals surface area contributed by atoms with E-state index in [2.05, 4.69) is 41.3 Å². The minimum atomic E-state index is 0.698. The van der Waals surface area contributed by atoms with E-state index in [1.807, 2.05) is 0 Å². The van der Waals surface area contributed by atoms with Crippen LogP contribution in [0, 0.1) is 5.92 Å². The summed E-state index contributed by atoms with van der Waals surface area (Å²) in [6, 6.07) is 0. The number of aromatic nitrogens is 1. The van der Waals surface area contributed by atoms with E-state index in [9.17, 15) is 0 Å². The molecule has 1 N–H and O–H groups in total. The number of likely N-dealkylation sites (N-methyl/N-ethyl adjacent to an activating group) is 1. The molecule has 0 bridgehead atoms. The number of piperazine rings is 1. The van der Waals surface area contributed by atoms with Crippen LogP contribution in [0.3, 0.4) is 0 Å². The van der Waals surface area contributed by atoms with E-state index in [1.165, 1.54) is 43.4 Å². The Kier molecular flexibility index (Phi) is 6.42. The van der Waals surface area contributed by atoms with E-state index >= 15 is 0 Å². The topological polar surface area (TPSA) is 31.4 Å². The monoisotopic (exact) mass is 296 g/mol. The van der Waals surface area contributed by atoms with Gasteiger partial charge in [0.25, 0.3) is 0 Å². The number of thiazole rings is 1. The van der Waals surface area contributed by atoms with Crippen molar-refractivity contribution in [3.05, 3.63) is 16.1 Å². The maximum atomic E-state index is 4.74. The van der Waals surface area contributed by atoms with Gasteiger partial charge in [-0.15, -0.1) is 11.3 Å². The average molecular weight is 296 g/mol. The fourth-order valence-corrected chi connectivity index (χ4v) is 3.22. The largest absolute Gasteiger partial charge is 0.310 e. The summed E-state index contributed by atoms with van der Waals surface area (Å²) in [6.45, 7) is 15.6. The molecule has 2 rings (SSSR count). The highest BCUT2D eigenvalue weighted by Crippen LogP contribution is 2.13. The Bertz CT molecular complexity index is 383. The summed E-state index contributed by atoms with van der Waals surface area (Å²) in [7, 11) is 0. The molecule has 114 valence electrons. The van der Waals surface area contributed by atoms with Crippen molar-refractivity contribution in [1.29, 1.82) is 0 Å². The van der Waals surface area contributed by atoms with Crippen LogP contribution in [0.2, 0.25) is 0 Å². The molecule has 0 aromatic carbocycles. The third-order valence-electron chi connectivity index (χ3n) is 3.73. The standard InChI is InChI=1S/C15H28N4S/c1-4-18-5-7-19(8-6-18)11-14-12-20-15(17-14)10-16-9-13(2)3/h12-13,16H,4-11H2,1-3H3. The number of nitrogens with one attached hydrogen (secondary N) is 1. The summed E-state index contributed by atoms with van der Waals surface area (Å²) in [6.07, 6.45) is 0. The molecule has 5 heteroatoms. The molecule has 1 aliphatic rings. The normalized spacial score (nSPS) is 18.0. The molecule has 0 aliphatic carbocycles. The second kappa shape index (κ2) is 8.08. The Morgan fingerprint density at radius 2 is 1.95 bits per heavy atom. The summed E-state index contributed by atoms with van der Waals surface area (Å²) in [5, 5.41) is 6.90. The van der Waals surface area contributed by atoms with Crippen molar-refractivity contribution in [2.45, 2.75) is 33.9 Å². The predicted octanol–water partition coefficient (Wildman–Crippen LogP) is 2.03. The lowest BCUT2D eigenvalue weighted by Crippen LogP contribution is -2.45. The van der Waals surface area contributed by atoms with Crippen LogP contribution in [0.1, 0.15) is 31.5 Å². The van der Waals surface area contributed by atoms with Gasteiger partial charge in [-0.25, -0.2) is 4.98 Å². The molecule has 0 atom stereocenters. The first kappa shape index (κ1) is 15.9. The van der Waals surface area contributed by atoms with Crippen molar-refractivity contribution in [2.75, 3.05) is 39.3 Å². The highest BCUT2D eigenvalue weighted by molar-refractivity contribution is 7.09. The summed E-state index contributed by atoms with van der Waals surface area (Å²) < 4.78 is 0. The van der Waals surface area contributed by atoms with Crippen LogP contribution in [0.5, 0.6) is 0 Å². The molecule has 2 heterocycles. The van der Waals surface area contributed by atoms with Gasteiger partial charge in [0.05, 0.1) is 5.69 Å². The van der Waals surface area contributed by atoms with Crippen molar-refractivity contribution in [2.24, 2.45) is 5.92 Å². The fraction of sp³-hybridized carbons (Fsp3) is 0.800. The molecule has 0 saturated carbocycles. The highest BCUT2D eigenvalue weighted by Gasteiger charge is 2.16. The molecule has 1 fully saturated rings. The summed E-state index contributed by atoms with van der Waals surface area (Å²) >= 11 is 1.78. The Labute approximate surface area is 127 Å². The Balaban J connectivity index is 1.72. The molecule has 0 radical (unpaired) electrons. The van der Waals surface area contributed by atoms with Gasteiger partial charge in [0.15, 0.2) is 0 Å². The van der Waals surface area contributed by atoms with E-state index in [-0.39, 0.29) is 0 Å². The van der Waals surface area contributed by atoms with Crippen LogP contribution >= 0.6 is 11.3 Å². The Hall–Kier alpha value is -0.490. The quantitative estimate of drug-likeness (QED) is 0.834. The first-order valence-corrected chi connectivity index (χ1v) is 8.64. The van der Waals surface area contributed by atoms with Gasteiger partial charge in [-0.1, -0.05) is 20.8 Å². The van der Waals surface area contributed by atoms with Crippen molar-refractivity contribution in [3.8, 4) is 0 Å². The van der Waals surface area contributed by atoms with Gasteiger partial charge < -0.3 is 10.2 Å². The molecule has 0 unspecified atom stereocenters. The third kappa shape index (κ3) is 5.13. The lowest BCUT2D eigenvalue weighted by molar-refractivity contribution is 0.131. The molecule has 0 amide bonds. The molecule has 1 aromatic rings. The molecular formula is C15H28N4S. The molecular weight excluding hydrogens is 268 g/mol. The van der Waals surface area contributed by atoms with Crippen molar-refractivity contribution in [3.63, 3.8) is 0 Å². The number of nitrogens with zero attached hydrogens (tertiary/aromatic N) is 3.